The van der Waals surface area contributed by atoms with E-state index in [1.165, 1.54) is 49.4 Å². The van der Waals surface area contributed by atoms with Crippen LogP contribution < -0.4 is 0 Å². The quantitative estimate of drug-likeness (QED) is 0.734. The number of hydrogen-bond acceptors (Lipinski definition) is 3. The first-order valence-electron chi connectivity index (χ1n) is 7.89. The van der Waals surface area contributed by atoms with E-state index in [1.807, 2.05) is 18.0 Å². The topological polar surface area (TPSA) is 16.1 Å². The van der Waals surface area contributed by atoms with Crippen LogP contribution in [-0.2, 0) is 0 Å². The largest absolute Gasteiger partial charge is 0.296 e. The standard InChI is InChI=1S/C17H28N2S/c1-5-12-19-13-7-6-10-15(19)14-9-8-11-18-16(14)20-17(2,3)4/h8-9,11,15H,5-7,10,12-13H2,1-4H3/t15-/m0/s1. The molecule has 0 saturated carbocycles. The lowest BCUT2D eigenvalue weighted by Crippen LogP contribution is -2.34. The first kappa shape index (κ1) is 15.8. The van der Waals surface area contributed by atoms with Gasteiger partial charge in [0, 0.05) is 22.5 Å². The molecule has 0 N–H and O–H groups in total. The van der Waals surface area contributed by atoms with Gasteiger partial charge in [0.25, 0.3) is 0 Å². The summed E-state index contributed by atoms with van der Waals surface area (Å²) in [6, 6.07) is 4.96. The number of nitrogens with zero attached hydrogens (tertiary/aromatic N) is 2. The first-order valence-corrected chi connectivity index (χ1v) is 8.71. The van der Waals surface area contributed by atoms with Crippen molar-refractivity contribution in [2.45, 2.75) is 69.2 Å². The van der Waals surface area contributed by atoms with E-state index in [2.05, 4.69) is 49.7 Å². The van der Waals surface area contributed by atoms with E-state index in [-0.39, 0.29) is 4.75 Å². The molecule has 2 nitrogen and oxygen atoms in total. The average Bonchev–Trinajstić information content (AvgIpc) is 2.39. The predicted octanol–water partition coefficient (Wildman–Crippen LogP) is 4.91. The Balaban J connectivity index is 2.25. The van der Waals surface area contributed by atoms with Crippen LogP contribution in [0, 0.1) is 0 Å². The summed E-state index contributed by atoms with van der Waals surface area (Å²) in [4.78, 5) is 7.33. The molecule has 1 saturated heterocycles. The zero-order chi connectivity index (χ0) is 14.6. The Morgan fingerprint density at radius 3 is 2.85 bits per heavy atom. The van der Waals surface area contributed by atoms with E-state index in [9.17, 15) is 0 Å². The monoisotopic (exact) mass is 292 g/mol. The fraction of sp³-hybridized carbons (Fsp3) is 0.706. The molecule has 0 aliphatic carbocycles. The molecule has 1 atom stereocenters. The lowest BCUT2D eigenvalue weighted by molar-refractivity contribution is 0.146. The van der Waals surface area contributed by atoms with Crippen LogP contribution >= 0.6 is 11.8 Å². The van der Waals surface area contributed by atoms with Crippen LogP contribution in [0.2, 0.25) is 0 Å². The van der Waals surface area contributed by atoms with Gasteiger partial charge >= 0.3 is 0 Å². The molecule has 0 bridgehead atoms. The van der Waals surface area contributed by atoms with Crippen molar-refractivity contribution < 1.29 is 0 Å². The van der Waals surface area contributed by atoms with E-state index >= 15 is 0 Å². The van der Waals surface area contributed by atoms with E-state index in [4.69, 9.17) is 0 Å². The van der Waals surface area contributed by atoms with Gasteiger partial charge in [-0.2, -0.15) is 0 Å². The minimum absolute atomic E-state index is 0.216. The molecule has 112 valence electrons. The summed E-state index contributed by atoms with van der Waals surface area (Å²) in [5, 5.41) is 1.23. The Labute approximate surface area is 128 Å². The molecular weight excluding hydrogens is 264 g/mol. The van der Waals surface area contributed by atoms with Crippen molar-refractivity contribution in [3.63, 3.8) is 0 Å². The Kier molecular flexibility index (Phi) is 5.50. The molecular formula is C17H28N2S. The summed E-state index contributed by atoms with van der Waals surface area (Å²) < 4.78 is 0.216. The van der Waals surface area contributed by atoms with E-state index in [0.29, 0.717) is 6.04 Å². The minimum atomic E-state index is 0.216. The molecule has 1 aliphatic heterocycles. The van der Waals surface area contributed by atoms with Gasteiger partial charge in [-0.3, -0.25) is 4.90 Å². The second kappa shape index (κ2) is 6.95. The predicted molar refractivity (Wildman–Crippen MR) is 88.3 cm³/mol. The van der Waals surface area contributed by atoms with Crippen LogP contribution in [-0.4, -0.2) is 27.7 Å². The van der Waals surface area contributed by atoms with Gasteiger partial charge in [0.2, 0.25) is 0 Å². The Bertz CT molecular complexity index is 423. The maximum Gasteiger partial charge on any atom is 0.101 e. The lowest BCUT2D eigenvalue weighted by atomic mass is 9.96. The summed E-state index contributed by atoms with van der Waals surface area (Å²) in [7, 11) is 0. The fourth-order valence-electron chi connectivity index (χ4n) is 2.93. The van der Waals surface area contributed by atoms with Crippen LogP contribution in [0.1, 0.15) is 65.0 Å². The summed E-state index contributed by atoms with van der Waals surface area (Å²) in [5.74, 6) is 0. The molecule has 0 unspecified atom stereocenters. The normalized spacial score (nSPS) is 21.1. The van der Waals surface area contributed by atoms with Crippen LogP contribution in [0.4, 0.5) is 0 Å². The molecule has 1 aliphatic rings. The SMILES string of the molecule is CCCN1CCCC[C@H]1c1cccnc1SC(C)(C)C. The fourth-order valence-corrected chi connectivity index (χ4v) is 3.95. The smallest absolute Gasteiger partial charge is 0.101 e. The van der Waals surface area contributed by atoms with Gasteiger partial charge in [-0.1, -0.05) is 40.2 Å². The highest BCUT2D eigenvalue weighted by Crippen LogP contribution is 2.39. The number of hydrogen-bond donors (Lipinski definition) is 0. The number of piperidine rings is 1. The van der Waals surface area contributed by atoms with Crippen molar-refractivity contribution in [3.8, 4) is 0 Å². The lowest BCUT2D eigenvalue weighted by Gasteiger charge is -2.36. The third-order valence-corrected chi connectivity index (χ3v) is 4.83. The van der Waals surface area contributed by atoms with Crippen LogP contribution in [0.3, 0.4) is 0 Å². The molecule has 1 fully saturated rings. The molecule has 0 amide bonds. The van der Waals surface area contributed by atoms with E-state index in [1.54, 1.807) is 0 Å². The second-order valence-corrected chi connectivity index (χ2v) is 8.48. The van der Waals surface area contributed by atoms with E-state index in [0.717, 1.165) is 0 Å². The molecule has 1 aromatic rings. The number of likely N-dealkylation sites (tertiary alicyclic amines) is 1. The van der Waals surface area contributed by atoms with Crippen molar-refractivity contribution >= 4 is 11.8 Å². The molecule has 20 heavy (non-hydrogen) atoms. The summed E-state index contributed by atoms with van der Waals surface area (Å²) in [6.07, 6.45) is 7.14. The minimum Gasteiger partial charge on any atom is -0.296 e. The highest BCUT2D eigenvalue weighted by molar-refractivity contribution is 8.00. The van der Waals surface area contributed by atoms with Crippen molar-refractivity contribution in [2.24, 2.45) is 0 Å². The maximum atomic E-state index is 4.67. The van der Waals surface area contributed by atoms with E-state index < -0.39 is 0 Å². The summed E-state index contributed by atoms with van der Waals surface area (Å²) in [6.45, 7) is 11.5. The van der Waals surface area contributed by atoms with Gasteiger partial charge in [0.1, 0.15) is 5.03 Å². The van der Waals surface area contributed by atoms with Crippen molar-refractivity contribution in [3.05, 3.63) is 23.9 Å². The average molecular weight is 292 g/mol. The zero-order valence-electron chi connectivity index (χ0n) is 13.4. The summed E-state index contributed by atoms with van der Waals surface area (Å²) >= 11 is 1.90. The second-order valence-electron chi connectivity index (χ2n) is 6.66. The maximum absolute atomic E-state index is 4.67. The molecule has 2 rings (SSSR count). The number of rotatable bonds is 4. The van der Waals surface area contributed by atoms with Crippen molar-refractivity contribution in [2.75, 3.05) is 13.1 Å². The van der Waals surface area contributed by atoms with Gasteiger partial charge in [-0.05, 0) is 38.4 Å². The molecule has 1 aromatic heterocycles. The molecule has 0 aromatic carbocycles. The van der Waals surface area contributed by atoms with Crippen molar-refractivity contribution in [1.29, 1.82) is 0 Å². The first-order chi connectivity index (χ1) is 9.51. The highest BCUT2D eigenvalue weighted by Gasteiger charge is 2.27. The van der Waals surface area contributed by atoms with Gasteiger partial charge < -0.3 is 0 Å². The Morgan fingerprint density at radius 2 is 2.15 bits per heavy atom. The third kappa shape index (κ3) is 4.23. The van der Waals surface area contributed by atoms with Crippen LogP contribution in [0.15, 0.2) is 23.4 Å². The zero-order valence-corrected chi connectivity index (χ0v) is 14.2. The number of pyridine rings is 1. The molecule has 0 spiro atoms. The molecule has 2 heterocycles. The van der Waals surface area contributed by atoms with Gasteiger partial charge in [-0.25, -0.2) is 4.98 Å². The van der Waals surface area contributed by atoms with Crippen molar-refractivity contribution in [1.82, 2.24) is 9.88 Å². The summed E-state index contributed by atoms with van der Waals surface area (Å²) in [5.41, 5.74) is 1.44. The number of thioether (sulfide) groups is 1. The van der Waals surface area contributed by atoms with Gasteiger partial charge in [0.15, 0.2) is 0 Å². The molecule has 3 heteroatoms. The Hall–Kier alpha value is -0.540. The van der Waals surface area contributed by atoms with Gasteiger partial charge in [0.05, 0.1) is 0 Å². The van der Waals surface area contributed by atoms with Gasteiger partial charge in [-0.15, -0.1) is 11.8 Å². The van der Waals surface area contributed by atoms with Crippen LogP contribution in [0.5, 0.6) is 0 Å². The van der Waals surface area contributed by atoms with Crippen LogP contribution in [0.25, 0.3) is 0 Å². The molecule has 0 radical (unpaired) electrons. The third-order valence-electron chi connectivity index (χ3n) is 3.69. The highest BCUT2D eigenvalue weighted by atomic mass is 32.2. The Morgan fingerprint density at radius 1 is 1.35 bits per heavy atom. The number of aromatic nitrogens is 1.